The Balaban J connectivity index is 1.31. The van der Waals surface area contributed by atoms with Crippen molar-refractivity contribution in [3.05, 3.63) is 41.0 Å². The van der Waals surface area contributed by atoms with E-state index in [0.29, 0.717) is 5.01 Å². The lowest BCUT2D eigenvalue weighted by molar-refractivity contribution is 0.0939. The van der Waals surface area contributed by atoms with Gasteiger partial charge in [0.25, 0.3) is 5.91 Å². The summed E-state index contributed by atoms with van der Waals surface area (Å²) in [4.78, 5) is 20.5. The lowest BCUT2D eigenvalue weighted by Crippen LogP contribution is -2.47. The molecule has 30 heavy (non-hydrogen) atoms. The molecular formula is C21H28N6O2S. The average molecular weight is 429 g/mol. The van der Waals surface area contributed by atoms with Crippen molar-refractivity contribution < 1.29 is 9.53 Å². The average Bonchev–Trinajstić information content (AvgIpc) is 3.41. The Kier molecular flexibility index (Phi) is 6.61. The molecule has 8 nitrogen and oxygen atoms in total. The summed E-state index contributed by atoms with van der Waals surface area (Å²) >= 11 is 1.36. The number of nitrogens with one attached hydrogen (secondary N) is 2. The minimum atomic E-state index is -0.162. The number of H-pyrrole nitrogens is 1. The van der Waals surface area contributed by atoms with E-state index >= 15 is 0 Å². The number of amides is 1. The predicted octanol–water partition coefficient (Wildman–Crippen LogP) is 2.15. The zero-order valence-electron chi connectivity index (χ0n) is 17.4. The summed E-state index contributed by atoms with van der Waals surface area (Å²) in [6, 6.07) is 8.20. The maximum Gasteiger partial charge on any atom is 0.282 e. The van der Waals surface area contributed by atoms with Crippen LogP contribution in [-0.4, -0.2) is 78.5 Å². The summed E-state index contributed by atoms with van der Waals surface area (Å²) in [5, 5.41) is 13.9. The van der Waals surface area contributed by atoms with Gasteiger partial charge in [-0.25, -0.2) is 0 Å². The lowest BCUT2D eigenvalue weighted by Gasteiger charge is -2.34. The largest absolute Gasteiger partial charge is 0.383 e. The number of para-hydroxylation sites is 1. The first-order valence-electron chi connectivity index (χ1n) is 10.3. The minimum absolute atomic E-state index is 0.00612. The Morgan fingerprint density at radius 2 is 2.07 bits per heavy atom. The van der Waals surface area contributed by atoms with Gasteiger partial charge in [-0.05, 0) is 25.0 Å². The molecule has 2 aromatic heterocycles. The molecule has 1 aliphatic rings. The number of nitrogens with zero attached hydrogens (tertiary/aromatic N) is 4. The summed E-state index contributed by atoms with van der Waals surface area (Å²) in [5.41, 5.74) is 2.31. The molecule has 1 atom stereocenters. The number of carbonyl (C=O) groups is 1. The number of benzene rings is 1. The van der Waals surface area contributed by atoms with Gasteiger partial charge in [0, 0.05) is 63.0 Å². The summed E-state index contributed by atoms with van der Waals surface area (Å²) in [7, 11) is 1.73. The fourth-order valence-corrected chi connectivity index (χ4v) is 4.58. The van der Waals surface area contributed by atoms with Crippen molar-refractivity contribution in [2.75, 3.05) is 51.3 Å². The molecule has 1 fully saturated rings. The maximum atomic E-state index is 12.7. The summed E-state index contributed by atoms with van der Waals surface area (Å²) < 4.78 is 5.15. The van der Waals surface area contributed by atoms with E-state index in [4.69, 9.17) is 4.74 Å². The number of methoxy groups -OCH3 is 1. The molecule has 3 heterocycles. The van der Waals surface area contributed by atoms with Crippen LogP contribution in [0.2, 0.25) is 0 Å². The van der Waals surface area contributed by atoms with Gasteiger partial charge < -0.3 is 19.9 Å². The highest BCUT2D eigenvalue weighted by Crippen LogP contribution is 2.22. The predicted molar refractivity (Wildman–Crippen MR) is 119 cm³/mol. The second-order valence-electron chi connectivity index (χ2n) is 7.65. The number of carbonyl (C=O) groups excluding carboxylic acids is 1. The summed E-state index contributed by atoms with van der Waals surface area (Å²) in [6.45, 7) is 7.41. The number of piperazine rings is 1. The van der Waals surface area contributed by atoms with E-state index in [9.17, 15) is 4.79 Å². The topological polar surface area (TPSA) is 86.4 Å². The van der Waals surface area contributed by atoms with Crippen molar-refractivity contribution in [1.82, 2.24) is 25.4 Å². The van der Waals surface area contributed by atoms with E-state index in [2.05, 4.69) is 42.4 Å². The number of fused-ring (bicyclic) bond motifs is 1. The Hall–Kier alpha value is -2.49. The number of ether oxygens (including phenoxy) is 1. The summed E-state index contributed by atoms with van der Waals surface area (Å²) in [6.07, 6.45) is 2.77. The number of rotatable bonds is 8. The summed E-state index contributed by atoms with van der Waals surface area (Å²) in [5.74, 6) is -0.162. The van der Waals surface area contributed by atoms with Crippen LogP contribution in [0.5, 0.6) is 0 Å². The third-order valence-corrected chi connectivity index (χ3v) is 6.42. The normalized spacial score (nSPS) is 16.1. The van der Waals surface area contributed by atoms with E-state index in [1.807, 2.05) is 25.3 Å². The van der Waals surface area contributed by atoms with E-state index < -0.39 is 0 Å². The highest BCUT2D eigenvalue weighted by molar-refractivity contribution is 7.17. The Bertz CT molecular complexity index is 979. The third-order valence-electron chi connectivity index (χ3n) is 5.44. The van der Waals surface area contributed by atoms with Crippen molar-refractivity contribution in [3.8, 4) is 0 Å². The van der Waals surface area contributed by atoms with Crippen molar-refractivity contribution in [2.45, 2.75) is 19.4 Å². The van der Waals surface area contributed by atoms with Gasteiger partial charge in [0.1, 0.15) is 0 Å². The Morgan fingerprint density at radius 1 is 1.27 bits per heavy atom. The van der Waals surface area contributed by atoms with Crippen LogP contribution >= 0.6 is 11.3 Å². The molecule has 3 aromatic rings. The van der Waals surface area contributed by atoms with Crippen molar-refractivity contribution in [3.63, 3.8) is 0 Å². The highest BCUT2D eigenvalue weighted by Gasteiger charge is 2.22. The molecule has 1 unspecified atom stereocenters. The molecule has 1 saturated heterocycles. The molecular weight excluding hydrogens is 400 g/mol. The zero-order valence-corrected chi connectivity index (χ0v) is 18.2. The first kappa shape index (κ1) is 20.8. The second-order valence-corrected chi connectivity index (χ2v) is 8.61. The Morgan fingerprint density at radius 3 is 2.87 bits per heavy atom. The number of hydrogen-bond donors (Lipinski definition) is 2. The molecule has 0 radical (unpaired) electrons. The first-order valence-corrected chi connectivity index (χ1v) is 11.1. The molecule has 1 aromatic carbocycles. The van der Waals surface area contributed by atoms with E-state index in [-0.39, 0.29) is 11.9 Å². The molecule has 1 amide bonds. The molecule has 0 aliphatic carbocycles. The minimum Gasteiger partial charge on any atom is -0.383 e. The number of hydrogen-bond acceptors (Lipinski definition) is 7. The van der Waals surface area contributed by atoms with Crippen LogP contribution in [0.3, 0.4) is 0 Å². The van der Waals surface area contributed by atoms with Crippen LogP contribution < -0.4 is 10.2 Å². The van der Waals surface area contributed by atoms with Gasteiger partial charge in [-0.1, -0.05) is 29.5 Å². The SMILES string of the molecule is COCCN1CCN(c2nnc(C(=O)NC(C)Cc3c[nH]c4ccccc34)s2)CC1. The van der Waals surface area contributed by atoms with Crippen molar-refractivity contribution in [2.24, 2.45) is 0 Å². The van der Waals surface area contributed by atoms with Gasteiger partial charge in [0.05, 0.1) is 6.61 Å². The van der Waals surface area contributed by atoms with Crippen LogP contribution in [0.15, 0.2) is 30.5 Å². The highest BCUT2D eigenvalue weighted by atomic mass is 32.1. The molecule has 160 valence electrons. The van der Waals surface area contributed by atoms with Gasteiger partial charge in [-0.3, -0.25) is 9.69 Å². The van der Waals surface area contributed by atoms with Crippen molar-refractivity contribution in [1.29, 1.82) is 0 Å². The van der Waals surface area contributed by atoms with Gasteiger partial charge in [-0.2, -0.15) is 0 Å². The quantitative estimate of drug-likeness (QED) is 0.572. The Labute approximate surface area is 180 Å². The van der Waals surface area contributed by atoms with Crippen LogP contribution in [0.25, 0.3) is 10.9 Å². The molecule has 2 N–H and O–H groups in total. The molecule has 0 spiro atoms. The van der Waals surface area contributed by atoms with E-state index in [0.717, 1.165) is 56.4 Å². The van der Waals surface area contributed by atoms with Gasteiger partial charge in [-0.15, -0.1) is 10.2 Å². The smallest absolute Gasteiger partial charge is 0.282 e. The fraction of sp³-hybridized carbons (Fsp3) is 0.476. The molecule has 9 heteroatoms. The lowest BCUT2D eigenvalue weighted by atomic mass is 10.1. The van der Waals surface area contributed by atoms with Gasteiger partial charge in [0.2, 0.25) is 10.1 Å². The standard InChI is InChI=1S/C21H28N6O2S/c1-15(13-16-14-22-18-6-4-3-5-17(16)18)23-19(28)20-24-25-21(30-20)27-9-7-26(8-10-27)11-12-29-2/h3-6,14-15,22H,7-13H2,1-2H3,(H,23,28). The molecule has 0 bridgehead atoms. The van der Waals surface area contributed by atoms with Gasteiger partial charge >= 0.3 is 0 Å². The molecule has 0 saturated carbocycles. The second kappa shape index (κ2) is 9.55. The first-order chi connectivity index (χ1) is 14.6. The fourth-order valence-electron chi connectivity index (χ4n) is 3.79. The third kappa shape index (κ3) is 4.80. The van der Waals surface area contributed by atoms with Gasteiger partial charge in [0.15, 0.2) is 0 Å². The van der Waals surface area contributed by atoms with Crippen LogP contribution in [0, 0.1) is 0 Å². The maximum absolute atomic E-state index is 12.7. The van der Waals surface area contributed by atoms with E-state index in [1.54, 1.807) is 7.11 Å². The van der Waals surface area contributed by atoms with Crippen LogP contribution in [-0.2, 0) is 11.2 Å². The molecule has 4 rings (SSSR count). The number of aromatic amines is 1. The van der Waals surface area contributed by atoms with Crippen LogP contribution in [0.1, 0.15) is 22.3 Å². The van der Waals surface area contributed by atoms with Crippen LogP contribution in [0.4, 0.5) is 5.13 Å². The van der Waals surface area contributed by atoms with E-state index in [1.165, 1.54) is 22.3 Å². The monoisotopic (exact) mass is 428 g/mol. The number of anilines is 1. The molecule has 1 aliphatic heterocycles. The number of aromatic nitrogens is 3. The zero-order chi connectivity index (χ0) is 20.9. The van der Waals surface area contributed by atoms with Crippen molar-refractivity contribution >= 4 is 33.3 Å².